The van der Waals surface area contributed by atoms with Crippen molar-refractivity contribution in [2.75, 3.05) is 20.1 Å². The molecule has 0 atom stereocenters. The standard InChI is InChI=1S/C15H22BrN3O2/c1-3-6-19-10-12(16)9-13(19)15(21)18-7-4-11(5-8-18)14(20)17-2/h9-11H,3-8H2,1-2H3,(H,17,20). The van der Waals surface area contributed by atoms with Gasteiger partial charge in [0.25, 0.3) is 5.91 Å². The quantitative estimate of drug-likeness (QED) is 0.900. The lowest BCUT2D eigenvalue weighted by molar-refractivity contribution is -0.125. The van der Waals surface area contributed by atoms with Gasteiger partial charge in [-0.25, -0.2) is 0 Å². The Morgan fingerprint density at radius 2 is 2.05 bits per heavy atom. The number of carbonyl (C=O) groups is 2. The van der Waals surface area contributed by atoms with Crippen LogP contribution in [0.4, 0.5) is 0 Å². The third-order valence-corrected chi connectivity index (χ3v) is 4.38. The van der Waals surface area contributed by atoms with E-state index in [9.17, 15) is 9.59 Å². The summed E-state index contributed by atoms with van der Waals surface area (Å²) < 4.78 is 2.93. The number of halogens is 1. The highest BCUT2D eigenvalue weighted by atomic mass is 79.9. The molecule has 0 aromatic carbocycles. The topological polar surface area (TPSA) is 54.3 Å². The number of nitrogens with zero attached hydrogens (tertiary/aromatic N) is 2. The molecule has 5 nitrogen and oxygen atoms in total. The van der Waals surface area contributed by atoms with Gasteiger partial charge in [0.15, 0.2) is 0 Å². The van der Waals surface area contributed by atoms with Crippen molar-refractivity contribution >= 4 is 27.7 Å². The normalized spacial score (nSPS) is 16.0. The number of carbonyl (C=O) groups excluding carboxylic acids is 2. The van der Waals surface area contributed by atoms with Crippen LogP contribution in [0.1, 0.15) is 36.7 Å². The molecule has 0 radical (unpaired) electrons. The number of aromatic nitrogens is 1. The summed E-state index contributed by atoms with van der Waals surface area (Å²) in [7, 11) is 1.66. The van der Waals surface area contributed by atoms with E-state index in [1.165, 1.54) is 0 Å². The molecule has 2 rings (SSSR count). The highest BCUT2D eigenvalue weighted by molar-refractivity contribution is 9.10. The number of likely N-dealkylation sites (tertiary alicyclic amines) is 1. The zero-order chi connectivity index (χ0) is 15.4. The third-order valence-electron chi connectivity index (χ3n) is 3.95. The van der Waals surface area contributed by atoms with Gasteiger partial charge < -0.3 is 14.8 Å². The lowest BCUT2D eigenvalue weighted by Crippen LogP contribution is -2.42. The SMILES string of the molecule is CCCn1cc(Br)cc1C(=O)N1CCC(C(=O)NC)CC1. The van der Waals surface area contributed by atoms with Crippen LogP contribution in [0.5, 0.6) is 0 Å². The molecular formula is C15H22BrN3O2. The van der Waals surface area contributed by atoms with Crippen molar-refractivity contribution in [1.82, 2.24) is 14.8 Å². The van der Waals surface area contributed by atoms with E-state index >= 15 is 0 Å². The smallest absolute Gasteiger partial charge is 0.270 e. The highest BCUT2D eigenvalue weighted by Crippen LogP contribution is 2.22. The summed E-state index contributed by atoms with van der Waals surface area (Å²) in [5, 5.41) is 2.69. The molecule has 6 heteroatoms. The van der Waals surface area contributed by atoms with Crippen molar-refractivity contribution in [3.8, 4) is 0 Å². The summed E-state index contributed by atoms with van der Waals surface area (Å²) in [6.07, 6.45) is 4.41. The number of hydrogen-bond donors (Lipinski definition) is 1. The fourth-order valence-electron chi connectivity index (χ4n) is 2.79. The first-order valence-electron chi connectivity index (χ1n) is 7.43. The van der Waals surface area contributed by atoms with E-state index in [-0.39, 0.29) is 17.7 Å². The molecule has 0 spiro atoms. The second-order valence-electron chi connectivity index (χ2n) is 5.42. The molecule has 1 aromatic heterocycles. The molecule has 2 heterocycles. The molecule has 2 amide bonds. The molecule has 0 aliphatic carbocycles. The van der Waals surface area contributed by atoms with Crippen LogP contribution < -0.4 is 5.32 Å². The van der Waals surface area contributed by atoms with E-state index in [0.717, 1.165) is 36.0 Å². The monoisotopic (exact) mass is 355 g/mol. The van der Waals surface area contributed by atoms with Crippen LogP contribution in [0, 0.1) is 5.92 Å². The van der Waals surface area contributed by atoms with Gasteiger partial charge in [0.1, 0.15) is 5.69 Å². The first kappa shape index (κ1) is 16.1. The van der Waals surface area contributed by atoms with E-state index in [2.05, 4.69) is 28.2 Å². The molecule has 21 heavy (non-hydrogen) atoms. The van der Waals surface area contributed by atoms with E-state index < -0.39 is 0 Å². The number of piperidine rings is 1. The minimum atomic E-state index is 0.0354. The van der Waals surface area contributed by atoms with E-state index in [4.69, 9.17) is 0 Å². The first-order valence-corrected chi connectivity index (χ1v) is 8.22. The number of nitrogens with one attached hydrogen (secondary N) is 1. The molecule has 0 bridgehead atoms. The van der Waals surface area contributed by atoms with Gasteiger partial charge >= 0.3 is 0 Å². The lowest BCUT2D eigenvalue weighted by Gasteiger charge is -2.31. The Morgan fingerprint density at radius 1 is 1.38 bits per heavy atom. The van der Waals surface area contributed by atoms with Crippen LogP contribution in [-0.2, 0) is 11.3 Å². The van der Waals surface area contributed by atoms with E-state index in [1.54, 1.807) is 7.05 Å². The molecule has 1 aliphatic heterocycles. The predicted octanol–water partition coefficient (Wildman–Crippen LogP) is 2.26. The average Bonchev–Trinajstić information content (AvgIpc) is 2.87. The van der Waals surface area contributed by atoms with Crippen molar-refractivity contribution in [2.24, 2.45) is 5.92 Å². The lowest BCUT2D eigenvalue weighted by atomic mass is 9.96. The number of amides is 2. The predicted molar refractivity (Wildman–Crippen MR) is 85.1 cm³/mol. The number of rotatable bonds is 4. The molecule has 1 N–H and O–H groups in total. The average molecular weight is 356 g/mol. The van der Waals surface area contributed by atoms with E-state index in [1.807, 2.05) is 21.7 Å². The van der Waals surface area contributed by atoms with Gasteiger partial charge in [0.2, 0.25) is 5.91 Å². The van der Waals surface area contributed by atoms with Crippen molar-refractivity contribution in [3.63, 3.8) is 0 Å². The van der Waals surface area contributed by atoms with E-state index in [0.29, 0.717) is 13.1 Å². The molecule has 1 aliphatic rings. The van der Waals surface area contributed by atoms with Crippen LogP contribution in [0.3, 0.4) is 0 Å². The minimum absolute atomic E-state index is 0.0354. The van der Waals surface area contributed by atoms with Gasteiger partial charge in [-0.1, -0.05) is 6.92 Å². The minimum Gasteiger partial charge on any atom is -0.359 e. The van der Waals surface area contributed by atoms with Crippen LogP contribution >= 0.6 is 15.9 Å². The Balaban J connectivity index is 2.03. The Hall–Kier alpha value is -1.30. The third kappa shape index (κ3) is 3.67. The maximum Gasteiger partial charge on any atom is 0.270 e. The molecule has 0 unspecified atom stereocenters. The summed E-state index contributed by atoms with van der Waals surface area (Å²) in [6, 6.07) is 1.88. The second-order valence-corrected chi connectivity index (χ2v) is 6.33. The zero-order valence-corrected chi connectivity index (χ0v) is 14.1. The van der Waals surface area contributed by atoms with Crippen LogP contribution in [0.2, 0.25) is 0 Å². The zero-order valence-electron chi connectivity index (χ0n) is 12.6. The molecule has 1 aromatic rings. The second kappa shape index (κ2) is 7.11. The Bertz CT molecular complexity index is 519. The molecule has 1 fully saturated rings. The fourth-order valence-corrected chi connectivity index (χ4v) is 3.25. The number of hydrogen-bond acceptors (Lipinski definition) is 2. The van der Waals surface area contributed by atoms with Crippen LogP contribution in [0.15, 0.2) is 16.7 Å². The summed E-state index contributed by atoms with van der Waals surface area (Å²) in [6.45, 7) is 4.22. The van der Waals surface area contributed by atoms with Gasteiger partial charge in [-0.05, 0) is 41.3 Å². The van der Waals surface area contributed by atoms with Crippen LogP contribution in [-0.4, -0.2) is 41.4 Å². The summed E-state index contributed by atoms with van der Waals surface area (Å²) in [4.78, 5) is 26.1. The maximum atomic E-state index is 12.6. The molecule has 0 saturated carbocycles. The molecule has 1 saturated heterocycles. The molecular weight excluding hydrogens is 334 g/mol. The first-order chi connectivity index (χ1) is 10.1. The largest absolute Gasteiger partial charge is 0.359 e. The molecule has 116 valence electrons. The van der Waals surface area contributed by atoms with Crippen molar-refractivity contribution < 1.29 is 9.59 Å². The fraction of sp³-hybridized carbons (Fsp3) is 0.600. The van der Waals surface area contributed by atoms with Gasteiger partial charge in [-0.2, -0.15) is 0 Å². The van der Waals surface area contributed by atoms with Crippen molar-refractivity contribution in [2.45, 2.75) is 32.7 Å². The van der Waals surface area contributed by atoms with Crippen LogP contribution in [0.25, 0.3) is 0 Å². The number of aryl methyl sites for hydroxylation is 1. The van der Waals surface area contributed by atoms with Gasteiger partial charge in [0, 0.05) is 43.3 Å². The van der Waals surface area contributed by atoms with Gasteiger partial charge in [-0.15, -0.1) is 0 Å². The van der Waals surface area contributed by atoms with Crippen molar-refractivity contribution in [3.05, 3.63) is 22.4 Å². The summed E-state index contributed by atoms with van der Waals surface area (Å²) in [5.74, 6) is 0.178. The maximum absolute atomic E-state index is 12.6. The van der Waals surface area contributed by atoms with Gasteiger partial charge in [0.05, 0.1) is 0 Å². The summed E-state index contributed by atoms with van der Waals surface area (Å²) in [5.41, 5.74) is 0.724. The highest BCUT2D eigenvalue weighted by Gasteiger charge is 2.28. The Morgan fingerprint density at radius 3 is 2.62 bits per heavy atom. The van der Waals surface area contributed by atoms with Crippen molar-refractivity contribution in [1.29, 1.82) is 0 Å². The Labute approximate surface area is 133 Å². The van der Waals surface area contributed by atoms with Gasteiger partial charge in [-0.3, -0.25) is 9.59 Å². The Kier molecular flexibility index (Phi) is 5.45. The summed E-state index contributed by atoms with van der Waals surface area (Å²) >= 11 is 3.44.